The molecule has 0 saturated carbocycles. The van der Waals surface area contributed by atoms with E-state index in [2.05, 4.69) is 50.9 Å². The summed E-state index contributed by atoms with van der Waals surface area (Å²) in [5.74, 6) is 1.75. The number of anilines is 1. The molecule has 0 aromatic heterocycles. The number of aryl methyl sites for hydroxylation is 1. The van der Waals surface area contributed by atoms with Gasteiger partial charge in [0.05, 0.1) is 19.8 Å². The maximum Gasteiger partial charge on any atom is 0.130 e. The fraction of sp³-hybridized carbons (Fsp3) is 0.235. The molecule has 0 fully saturated rings. The van der Waals surface area contributed by atoms with Crippen molar-refractivity contribution in [1.29, 1.82) is 0 Å². The van der Waals surface area contributed by atoms with Gasteiger partial charge in [-0.25, -0.2) is 4.39 Å². The van der Waals surface area contributed by atoms with Crippen LogP contribution in [0.15, 0.2) is 83.8 Å². The van der Waals surface area contributed by atoms with Crippen LogP contribution < -0.4 is 19.5 Å². The number of thiol groups is 1. The summed E-state index contributed by atoms with van der Waals surface area (Å²) >= 11 is 4.11. The lowest BCUT2D eigenvalue weighted by Gasteiger charge is -2.33. The van der Waals surface area contributed by atoms with Crippen LogP contribution >= 0.6 is 12.6 Å². The molecule has 1 aliphatic rings. The first-order chi connectivity index (χ1) is 19.5. The van der Waals surface area contributed by atoms with E-state index in [1.165, 1.54) is 12.1 Å². The molecule has 1 aliphatic heterocycles. The van der Waals surface area contributed by atoms with Gasteiger partial charge in [0.25, 0.3) is 0 Å². The number of hydrogen-bond acceptors (Lipinski definition) is 6. The second-order valence-electron chi connectivity index (χ2n) is 10.5. The van der Waals surface area contributed by atoms with Gasteiger partial charge in [-0.2, -0.15) is 0 Å². The lowest BCUT2D eigenvalue weighted by atomic mass is 9.85. The number of phenols is 1. The van der Waals surface area contributed by atoms with E-state index in [0.717, 1.165) is 49.7 Å². The number of aromatic hydroxyl groups is 1. The topological polar surface area (TPSA) is 60.0 Å². The maximum absolute atomic E-state index is 13.8. The molecule has 214 valence electrons. The quantitative estimate of drug-likeness (QED) is 0.202. The van der Waals surface area contributed by atoms with Gasteiger partial charge < -0.3 is 24.6 Å². The summed E-state index contributed by atoms with van der Waals surface area (Å²) in [4.78, 5) is 0.954. The Hall–Kier alpha value is -4.10. The molecule has 4 aromatic rings. The van der Waals surface area contributed by atoms with E-state index in [0.29, 0.717) is 11.5 Å². The van der Waals surface area contributed by atoms with E-state index in [1.54, 1.807) is 32.4 Å². The third-order valence-electron chi connectivity index (χ3n) is 6.81. The monoisotopic (exact) mass is 573 g/mol. The number of phenolic OH excluding ortho intramolecular Hbond substituents is 1. The van der Waals surface area contributed by atoms with Gasteiger partial charge in [-0.15, -0.1) is 12.6 Å². The molecular weight excluding hydrogens is 537 g/mol. The van der Waals surface area contributed by atoms with Crippen molar-refractivity contribution in [1.82, 2.24) is 0 Å². The molecule has 0 radical (unpaired) electrons. The predicted molar refractivity (Wildman–Crippen MR) is 167 cm³/mol. The third kappa shape index (κ3) is 7.16. The van der Waals surface area contributed by atoms with Crippen molar-refractivity contribution >= 4 is 23.9 Å². The number of halogens is 1. The summed E-state index contributed by atoms with van der Waals surface area (Å²) in [6, 6.07) is 21.3. The van der Waals surface area contributed by atoms with Gasteiger partial charge in [0.15, 0.2) is 0 Å². The number of hydrogen-bond donors (Lipinski definition) is 3. The van der Waals surface area contributed by atoms with Crippen LogP contribution in [0.1, 0.15) is 37.5 Å². The van der Waals surface area contributed by atoms with E-state index < -0.39 is 0 Å². The van der Waals surface area contributed by atoms with Gasteiger partial charge in [-0.1, -0.05) is 18.2 Å². The Morgan fingerprint density at radius 1 is 0.854 bits per heavy atom. The van der Waals surface area contributed by atoms with Gasteiger partial charge in [0.2, 0.25) is 0 Å². The van der Waals surface area contributed by atoms with Crippen LogP contribution in [0, 0.1) is 12.7 Å². The minimum atomic E-state index is -0.333. The molecule has 0 saturated heterocycles. The standard InChI is InChI=1S/C27H28FNO3.C7H8OS/c1-16-6-7-18(28)12-24(16)32-15-22-20(21-9-8-19(30)13-25(21)31-5)10-11-23-26(22)17(2)14-27(3,4)29-23;1-8-6-2-4-7(9)5-3-6/h6-14,29-30H,15H2,1-5H3;2-5,9H,1H3. The highest BCUT2D eigenvalue weighted by molar-refractivity contribution is 7.80. The molecule has 0 bridgehead atoms. The second-order valence-corrected chi connectivity index (χ2v) is 11.0. The Kier molecular flexibility index (Phi) is 9.18. The molecule has 1 heterocycles. The number of nitrogens with one attached hydrogen (secondary N) is 1. The zero-order chi connectivity index (χ0) is 29.7. The Labute approximate surface area is 247 Å². The normalized spacial score (nSPS) is 13.1. The molecule has 5 rings (SSSR count). The molecule has 7 heteroatoms. The largest absolute Gasteiger partial charge is 0.508 e. The van der Waals surface area contributed by atoms with Gasteiger partial charge in [0.1, 0.15) is 35.4 Å². The maximum atomic E-state index is 13.8. The molecule has 0 spiro atoms. The number of fused-ring (bicyclic) bond motifs is 1. The smallest absolute Gasteiger partial charge is 0.130 e. The van der Waals surface area contributed by atoms with E-state index in [4.69, 9.17) is 14.2 Å². The van der Waals surface area contributed by atoms with Crippen molar-refractivity contribution in [3.05, 3.63) is 101 Å². The third-order valence-corrected chi connectivity index (χ3v) is 7.11. The summed E-state index contributed by atoms with van der Waals surface area (Å²) in [5.41, 5.74) is 6.66. The minimum absolute atomic E-state index is 0.135. The molecular formula is C34H36FNO4S. The first-order valence-electron chi connectivity index (χ1n) is 13.2. The molecule has 2 N–H and O–H groups in total. The predicted octanol–water partition coefficient (Wildman–Crippen LogP) is 8.69. The van der Waals surface area contributed by atoms with E-state index in [-0.39, 0.29) is 23.7 Å². The summed E-state index contributed by atoms with van der Waals surface area (Å²) in [6.07, 6.45) is 2.20. The SMILES string of the molecule is COc1cc(O)ccc1-c1ccc2c(c1COc1cc(F)ccc1C)C(C)=CC(C)(C)N2.COc1ccc(S)cc1. The zero-order valence-electron chi connectivity index (χ0n) is 24.2. The number of rotatable bonds is 6. The first kappa shape index (κ1) is 29.9. The van der Waals surface area contributed by atoms with Gasteiger partial charge in [-0.05, 0) is 92.9 Å². The second kappa shape index (κ2) is 12.6. The summed E-state index contributed by atoms with van der Waals surface area (Å²) in [7, 11) is 3.23. The summed E-state index contributed by atoms with van der Waals surface area (Å²) < 4.78 is 30.5. The van der Waals surface area contributed by atoms with Crippen molar-refractivity contribution in [3.8, 4) is 34.1 Å². The number of benzene rings is 4. The van der Waals surface area contributed by atoms with Crippen LogP contribution in [0.2, 0.25) is 0 Å². The van der Waals surface area contributed by atoms with Crippen LogP contribution in [0.4, 0.5) is 10.1 Å². The highest BCUT2D eigenvalue weighted by Gasteiger charge is 2.27. The van der Waals surface area contributed by atoms with Gasteiger partial charge in [0, 0.05) is 39.4 Å². The average molecular weight is 574 g/mol. The van der Waals surface area contributed by atoms with Gasteiger partial charge in [-0.3, -0.25) is 0 Å². The van der Waals surface area contributed by atoms with Crippen molar-refractivity contribution in [2.24, 2.45) is 0 Å². The Balaban J connectivity index is 0.000000367. The minimum Gasteiger partial charge on any atom is -0.508 e. The first-order valence-corrected chi connectivity index (χ1v) is 13.7. The average Bonchev–Trinajstić information content (AvgIpc) is 2.93. The molecule has 0 aliphatic carbocycles. The van der Waals surface area contributed by atoms with Crippen molar-refractivity contribution in [3.63, 3.8) is 0 Å². The van der Waals surface area contributed by atoms with Crippen LogP contribution in [0.5, 0.6) is 23.0 Å². The highest BCUT2D eigenvalue weighted by Crippen LogP contribution is 2.43. The molecule has 0 atom stereocenters. The lowest BCUT2D eigenvalue weighted by Crippen LogP contribution is -2.32. The molecule has 5 nitrogen and oxygen atoms in total. The van der Waals surface area contributed by atoms with Crippen molar-refractivity contribution < 1.29 is 23.7 Å². The van der Waals surface area contributed by atoms with Crippen molar-refractivity contribution in [2.45, 2.75) is 44.7 Å². The van der Waals surface area contributed by atoms with Gasteiger partial charge >= 0.3 is 0 Å². The Morgan fingerprint density at radius 2 is 1.56 bits per heavy atom. The molecule has 4 aromatic carbocycles. The summed E-state index contributed by atoms with van der Waals surface area (Å²) in [6.45, 7) is 8.50. The Morgan fingerprint density at radius 3 is 2.24 bits per heavy atom. The number of ether oxygens (including phenoxy) is 3. The Bertz CT molecular complexity index is 1560. The number of methoxy groups -OCH3 is 2. The van der Waals surface area contributed by atoms with Crippen LogP contribution in [-0.2, 0) is 6.61 Å². The molecule has 0 unspecified atom stereocenters. The zero-order valence-corrected chi connectivity index (χ0v) is 25.1. The van der Waals surface area contributed by atoms with Crippen LogP contribution in [0.25, 0.3) is 16.7 Å². The van der Waals surface area contributed by atoms with Crippen molar-refractivity contribution in [2.75, 3.05) is 19.5 Å². The van der Waals surface area contributed by atoms with Crippen LogP contribution in [0.3, 0.4) is 0 Å². The lowest BCUT2D eigenvalue weighted by molar-refractivity contribution is 0.302. The van der Waals surface area contributed by atoms with E-state index in [1.807, 2.05) is 43.3 Å². The highest BCUT2D eigenvalue weighted by atomic mass is 32.1. The number of allylic oxidation sites excluding steroid dienone is 1. The van der Waals surface area contributed by atoms with E-state index in [9.17, 15) is 9.50 Å². The fourth-order valence-electron chi connectivity index (χ4n) is 4.97. The molecule has 41 heavy (non-hydrogen) atoms. The molecule has 0 amide bonds. The van der Waals surface area contributed by atoms with E-state index >= 15 is 0 Å². The summed E-state index contributed by atoms with van der Waals surface area (Å²) in [5, 5.41) is 13.5. The fourth-order valence-corrected chi connectivity index (χ4v) is 5.11. The van der Waals surface area contributed by atoms with Crippen LogP contribution in [-0.4, -0.2) is 24.9 Å².